The monoisotopic (exact) mass is 403 g/mol. The molecule has 2 heterocycles. The Kier molecular flexibility index (Phi) is 5.31. The number of fused-ring (bicyclic) bond motifs is 1. The third kappa shape index (κ3) is 3.38. The van der Waals surface area contributed by atoms with Gasteiger partial charge in [0.05, 0.1) is 24.3 Å². The molecule has 1 saturated heterocycles. The Labute approximate surface area is 167 Å². The van der Waals surface area contributed by atoms with E-state index in [1.54, 1.807) is 11.7 Å². The summed E-state index contributed by atoms with van der Waals surface area (Å²) in [5.74, 6) is 0.774. The first-order valence-electron chi connectivity index (χ1n) is 9.06. The van der Waals surface area contributed by atoms with Gasteiger partial charge >= 0.3 is 0 Å². The lowest BCUT2D eigenvalue weighted by Gasteiger charge is -2.36. The van der Waals surface area contributed by atoms with Crippen molar-refractivity contribution in [2.24, 2.45) is 0 Å². The molecule has 6 nitrogen and oxygen atoms in total. The van der Waals surface area contributed by atoms with Crippen molar-refractivity contribution in [3.05, 3.63) is 64.8 Å². The van der Waals surface area contributed by atoms with Gasteiger partial charge in [-0.1, -0.05) is 29.8 Å². The lowest BCUT2D eigenvalue weighted by Crippen LogP contribution is -2.50. The molecule has 1 fully saturated rings. The van der Waals surface area contributed by atoms with E-state index in [4.69, 9.17) is 21.1 Å². The largest absolute Gasteiger partial charge is 0.497 e. The number of hydrogen-bond donors (Lipinski definition) is 3. The van der Waals surface area contributed by atoms with Gasteiger partial charge in [-0.25, -0.2) is 0 Å². The number of nitrogens with zero attached hydrogens (tertiary/aromatic N) is 1. The lowest BCUT2D eigenvalue weighted by molar-refractivity contribution is -0.209. The van der Waals surface area contributed by atoms with Crippen LogP contribution in [0.5, 0.6) is 5.75 Å². The average molecular weight is 404 g/mol. The smallest absolute Gasteiger partial charge is 0.162 e. The van der Waals surface area contributed by atoms with Crippen LogP contribution in [0.4, 0.5) is 0 Å². The van der Waals surface area contributed by atoms with E-state index >= 15 is 0 Å². The third-order valence-corrected chi connectivity index (χ3v) is 5.48. The highest BCUT2D eigenvalue weighted by Crippen LogP contribution is 2.35. The molecule has 0 spiro atoms. The number of aliphatic hydroxyl groups excluding tert-OH is 3. The molecular weight excluding hydrogens is 382 g/mol. The van der Waals surface area contributed by atoms with E-state index in [1.165, 1.54) is 0 Å². The molecule has 1 aromatic heterocycles. The molecule has 2 aromatic carbocycles. The predicted molar refractivity (Wildman–Crippen MR) is 106 cm³/mol. The van der Waals surface area contributed by atoms with Gasteiger partial charge in [-0.05, 0) is 41.8 Å². The molecule has 3 aromatic rings. The van der Waals surface area contributed by atoms with Gasteiger partial charge in [0.2, 0.25) is 0 Å². The highest BCUT2D eigenvalue weighted by Gasteiger charge is 2.39. The summed E-state index contributed by atoms with van der Waals surface area (Å²) in [6.45, 7) is -0.0612. The minimum absolute atomic E-state index is 0.0612. The zero-order valence-electron chi connectivity index (χ0n) is 15.3. The molecule has 148 valence electrons. The molecule has 1 aliphatic heterocycles. The topological polar surface area (TPSA) is 84.1 Å². The molecule has 0 aliphatic carbocycles. The maximum absolute atomic E-state index is 10.5. The summed E-state index contributed by atoms with van der Waals surface area (Å²) in [4.78, 5) is 0. The molecule has 0 amide bonds. The van der Waals surface area contributed by atoms with Crippen molar-refractivity contribution in [1.82, 2.24) is 4.57 Å². The Hall–Kier alpha value is -2.09. The predicted octanol–water partition coefficient (Wildman–Crippen LogP) is 2.51. The molecule has 7 heteroatoms. The van der Waals surface area contributed by atoms with Crippen LogP contribution in [0.1, 0.15) is 17.4 Å². The van der Waals surface area contributed by atoms with Crippen molar-refractivity contribution in [2.75, 3.05) is 13.7 Å². The van der Waals surface area contributed by atoms with Gasteiger partial charge in [-0.3, -0.25) is 0 Å². The van der Waals surface area contributed by atoms with Gasteiger partial charge in [0.1, 0.15) is 24.1 Å². The Morgan fingerprint density at radius 2 is 1.93 bits per heavy atom. The SMILES string of the molecule is COc1cccc(Cc2cn([C@@H]3OC[C@@H](O)[C@H](O)[C@H]3O)c3cccc(Cl)c23)c1. The van der Waals surface area contributed by atoms with E-state index < -0.39 is 24.5 Å². The quantitative estimate of drug-likeness (QED) is 0.623. The third-order valence-electron chi connectivity index (χ3n) is 5.16. The number of rotatable bonds is 4. The number of aromatic nitrogens is 1. The van der Waals surface area contributed by atoms with E-state index in [0.717, 1.165) is 27.8 Å². The average Bonchev–Trinajstić information content (AvgIpc) is 3.06. The fraction of sp³-hybridized carbons (Fsp3) is 0.333. The Balaban J connectivity index is 1.78. The van der Waals surface area contributed by atoms with Crippen LogP contribution in [0.25, 0.3) is 10.9 Å². The summed E-state index contributed by atoms with van der Waals surface area (Å²) < 4.78 is 12.7. The number of hydrogen-bond acceptors (Lipinski definition) is 5. The van der Waals surface area contributed by atoms with Gasteiger partial charge in [-0.2, -0.15) is 0 Å². The summed E-state index contributed by atoms with van der Waals surface area (Å²) in [5, 5.41) is 31.7. The fourth-order valence-corrected chi connectivity index (χ4v) is 4.02. The molecular formula is C21H22ClNO5. The van der Waals surface area contributed by atoms with Crippen LogP contribution in [0.15, 0.2) is 48.7 Å². The first kappa shape index (κ1) is 19.2. The van der Waals surface area contributed by atoms with Gasteiger partial charge in [0.15, 0.2) is 6.23 Å². The van der Waals surface area contributed by atoms with Crippen molar-refractivity contribution in [3.63, 3.8) is 0 Å². The van der Waals surface area contributed by atoms with Crippen LogP contribution >= 0.6 is 11.6 Å². The highest BCUT2D eigenvalue weighted by molar-refractivity contribution is 6.35. The molecule has 3 N–H and O–H groups in total. The molecule has 0 unspecified atom stereocenters. The van der Waals surface area contributed by atoms with Gasteiger partial charge in [0, 0.05) is 11.6 Å². The molecule has 28 heavy (non-hydrogen) atoms. The van der Waals surface area contributed by atoms with Gasteiger partial charge < -0.3 is 29.4 Å². The number of halogens is 1. The second-order valence-electron chi connectivity index (χ2n) is 7.00. The first-order chi connectivity index (χ1) is 13.5. The lowest BCUT2D eigenvalue weighted by atomic mass is 10.0. The summed E-state index contributed by atoms with van der Waals surface area (Å²) in [6, 6.07) is 13.3. The van der Waals surface area contributed by atoms with E-state index in [9.17, 15) is 15.3 Å². The molecule has 4 rings (SSSR count). The van der Waals surface area contributed by atoms with Crippen LogP contribution in [0, 0.1) is 0 Å². The number of ether oxygens (including phenoxy) is 2. The van der Waals surface area contributed by atoms with Crippen LogP contribution in [-0.4, -0.2) is 51.9 Å². The fourth-order valence-electron chi connectivity index (χ4n) is 3.73. The van der Waals surface area contributed by atoms with Crippen molar-refractivity contribution in [1.29, 1.82) is 0 Å². The normalized spacial score (nSPS) is 25.2. The summed E-state index contributed by atoms with van der Waals surface area (Å²) >= 11 is 6.50. The Bertz CT molecular complexity index is 988. The van der Waals surface area contributed by atoms with Gasteiger partial charge in [0.25, 0.3) is 0 Å². The standard InChI is InChI=1S/C21H22ClNO5/c1-27-14-5-2-4-12(9-14)8-13-10-23(16-7-3-6-15(22)18(13)16)21-20(26)19(25)17(24)11-28-21/h2-7,9-10,17,19-21,24-26H,8,11H2,1H3/t17-,19+,20-,21-/m1/s1. The molecule has 4 atom stereocenters. The first-order valence-corrected chi connectivity index (χ1v) is 9.44. The van der Waals surface area contributed by atoms with Crippen LogP contribution < -0.4 is 4.74 Å². The van der Waals surface area contributed by atoms with E-state index in [1.807, 2.05) is 48.7 Å². The summed E-state index contributed by atoms with van der Waals surface area (Å²) in [6.07, 6.45) is -1.99. The Morgan fingerprint density at radius 3 is 2.71 bits per heavy atom. The maximum atomic E-state index is 10.5. The van der Waals surface area contributed by atoms with Gasteiger partial charge in [-0.15, -0.1) is 0 Å². The van der Waals surface area contributed by atoms with Crippen LogP contribution in [0.2, 0.25) is 5.02 Å². The van der Waals surface area contributed by atoms with Crippen molar-refractivity contribution in [3.8, 4) is 5.75 Å². The molecule has 0 bridgehead atoms. The van der Waals surface area contributed by atoms with Crippen molar-refractivity contribution >= 4 is 22.5 Å². The van der Waals surface area contributed by atoms with E-state index in [-0.39, 0.29) is 6.61 Å². The van der Waals surface area contributed by atoms with Crippen molar-refractivity contribution < 1.29 is 24.8 Å². The minimum atomic E-state index is -1.28. The zero-order valence-corrected chi connectivity index (χ0v) is 16.1. The van der Waals surface area contributed by atoms with Crippen molar-refractivity contribution in [2.45, 2.75) is 31.0 Å². The summed E-state index contributed by atoms with van der Waals surface area (Å²) in [7, 11) is 1.63. The minimum Gasteiger partial charge on any atom is -0.497 e. The number of benzene rings is 2. The maximum Gasteiger partial charge on any atom is 0.162 e. The second-order valence-corrected chi connectivity index (χ2v) is 7.40. The highest BCUT2D eigenvalue weighted by atomic mass is 35.5. The van der Waals surface area contributed by atoms with Crippen LogP contribution in [-0.2, 0) is 11.2 Å². The Morgan fingerprint density at radius 1 is 1.14 bits per heavy atom. The zero-order chi connectivity index (χ0) is 19.8. The van der Waals surface area contributed by atoms with E-state index in [2.05, 4.69) is 0 Å². The number of methoxy groups -OCH3 is 1. The van der Waals surface area contributed by atoms with Crippen LogP contribution in [0.3, 0.4) is 0 Å². The summed E-state index contributed by atoms with van der Waals surface area (Å²) in [5.41, 5.74) is 2.81. The second kappa shape index (κ2) is 7.73. The number of aliphatic hydroxyl groups is 3. The molecule has 1 aliphatic rings. The molecule has 0 saturated carbocycles. The molecule has 0 radical (unpaired) electrons. The van der Waals surface area contributed by atoms with E-state index in [0.29, 0.717) is 11.4 Å².